The van der Waals surface area contributed by atoms with Crippen molar-refractivity contribution in [1.29, 1.82) is 0 Å². The van der Waals surface area contributed by atoms with E-state index in [-0.39, 0.29) is 12.5 Å². The van der Waals surface area contributed by atoms with Gasteiger partial charge in [-0.15, -0.1) is 0 Å². The predicted molar refractivity (Wildman–Crippen MR) is 79.4 cm³/mol. The third-order valence-electron chi connectivity index (χ3n) is 3.19. The van der Waals surface area contributed by atoms with Crippen molar-refractivity contribution in [2.24, 2.45) is 0 Å². The van der Waals surface area contributed by atoms with Gasteiger partial charge in [-0.1, -0.05) is 30.7 Å². The molecule has 21 heavy (non-hydrogen) atoms. The number of carbonyl (C=O) groups excluding carboxylic acids is 3. The molecule has 1 unspecified atom stereocenters. The minimum absolute atomic E-state index is 0.108. The highest BCUT2D eigenvalue weighted by Crippen LogP contribution is 2.14. The number of halogens is 1. The van der Waals surface area contributed by atoms with E-state index in [4.69, 9.17) is 11.6 Å². The third kappa shape index (κ3) is 3.70. The minimum atomic E-state index is -0.612. The molecule has 0 radical (unpaired) electrons. The van der Waals surface area contributed by atoms with Gasteiger partial charge in [-0.3, -0.25) is 19.7 Å². The SMILES string of the molecule is CCC1C(=O)NC(=O)CN1C(=O)C=Cc1cccc(Cl)c1. The first-order valence-electron chi connectivity index (χ1n) is 6.59. The molecule has 0 bridgehead atoms. The smallest absolute Gasteiger partial charge is 0.249 e. The van der Waals surface area contributed by atoms with E-state index < -0.39 is 17.9 Å². The molecule has 0 aliphatic carbocycles. The van der Waals surface area contributed by atoms with Crippen molar-refractivity contribution in [3.63, 3.8) is 0 Å². The molecule has 1 fully saturated rings. The first-order chi connectivity index (χ1) is 10.0. The number of imide groups is 1. The second-order valence-electron chi connectivity index (χ2n) is 4.69. The molecule has 1 aliphatic heterocycles. The van der Waals surface area contributed by atoms with E-state index in [0.29, 0.717) is 11.4 Å². The highest BCUT2D eigenvalue weighted by molar-refractivity contribution is 6.30. The molecule has 6 heteroatoms. The lowest BCUT2D eigenvalue weighted by atomic mass is 10.1. The van der Waals surface area contributed by atoms with Crippen LogP contribution in [0.4, 0.5) is 0 Å². The topological polar surface area (TPSA) is 66.5 Å². The first-order valence-corrected chi connectivity index (χ1v) is 6.97. The maximum atomic E-state index is 12.2. The summed E-state index contributed by atoms with van der Waals surface area (Å²) in [4.78, 5) is 36.6. The van der Waals surface area contributed by atoms with E-state index >= 15 is 0 Å². The lowest BCUT2D eigenvalue weighted by Crippen LogP contribution is -2.59. The van der Waals surface area contributed by atoms with Crippen molar-refractivity contribution >= 4 is 35.4 Å². The zero-order valence-electron chi connectivity index (χ0n) is 11.5. The highest BCUT2D eigenvalue weighted by Gasteiger charge is 2.34. The van der Waals surface area contributed by atoms with E-state index in [1.165, 1.54) is 11.0 Å². The number of carbonyl (C=O) groups is 3. The predicted octanol–water partition coefficient (Wildman–Crippen LogP) is 1.62. The van der Waals surface area contributed by atoms with Crippen LogP contribution in [0.25, 0.3) is 6.08 Å². The molecule has 2 rings (SSSR count). The maximum absolute atomic E-state index is 12.2. The molecule has 1 aromatic rings. The number of nitrogens with one attached hydrogen (secondary N) is 1. The van der Waals surface area contributed by atoms with Crippen LogP contribution in [-0.2, 0) is 14.4 Å². The lowest BCUT2D eigenvalue weighted by molar-refractivity contribution is -0.147. The normalized spacial score (nSPS) is 19.0. The molecule has 0 saturated carbocycles. The summed E-state index contributed by atoms with van der Waals surface area (Å²) in [5.41, 5.74) is 0.775. The average Bonchev–Trinajstić information content (AvgIpc) is 2.44. The largest absolute Gasteiger partial charge is 0.318 e. The van der Waals surface area contributed by atoms with Crippen LogP contribution in [0.1, 0.15) is 18.9 Å². The number of amides is 3. The second-order valence-corrected chi connectivity index (χ2v) is 5.13. The van der Waals surface area contributed by atoms with Gasteiger partial charge >= 0.3 is 0 Å². The maximum Gasteiger partial charge on any atom is 0.249 e. The average molecular weight is 307 g/mol. The molecule has 5 nitrogen and oxygen atoms in total. The summed E-state index contributed by atoms with van der Waals surface area (Å²) in [5.74, 6) is -1.27. The van der Waals surface area contributed by atoms with E-state index in [0.717, 1.165) is 5.56 Å². The summed E-state index contributed by atoms with van der Waals surface area (Å²) in [6.07, 6.45) is 3.41. The number of rotatable bonds is 3. The van der Waals surface area contributed by atoms with Gasteiger partial charge < -0.3 is 4.90 Å². The standard InChI is InChI=1S/C15H15ClN2O3/c1-2-12-15(21)17-13(19)9-18(12)14(20)7-6-10-4-3-5-11(16)8-10/h3-8,12H,2,9H2,1H3,(H,17,19,21). The number of hydrogen-bond acceptors (Lipinski definition) is 3. The Morgan fingerprint density at radius 1 is 1.48 bits per heavy atom. The van der Waals surface area contributed by atoms with Crippen LogP contribution >= 0.6 is 11.6 Å². The van der Waals surface area contributed by atoms with Crippen LogP contribution in [0, 0.1) is 0 Å². The molecule has 0 spiro atoms. The fourth-order valence-electron chi connectivity index (χ4n) is 2.18. The number of hydrogen-bond donors (Lipinski definition) is 1. The van der Waals surface area contributed by atoms with Gasteiger partial charge in [0.2, 0.25) is 17.7 Å². The van der Waals surface area contributed by atoms with Crippen LogP contribution in [0.2, 0.25) is 5.02 Å². The molecule has 1 N–H and O–H groups in total. The number of piperazine rings is 1. The van der Waals surface area contributed by atoms with Crippen molar-refractivity contribution in [3.8, 4) is 0 Å². The van der Waals surface area contributed by atoms with Crippen molar-refractivity contribution in [3.05, 3.63) is 40.9 Å². The zero-order valence-corrected chi connectivity index (χ0v) is 12.3. The van der Waals surface area contributed by atoms with Gasteiger partial charge in [0.15, 0.2) is 0 Å². The van der Waals surface area contributed by atoms with Gasteiger partial charge in [0, 0.05) is 11.1 Å². The van der Waals surface area contributed by atoms with Crippen LogP contribution < -0.4 is 5.32 Å². The van der Waals surface area contributed by atoms with Crippen molar-refractivity contribution in [2.45, 2.75) is 19.4 Å². The monoisotopic (exact) mass is 306 g/mol. The van der Waals surface area contributed by atoms with E-state index in [9.17, 15) is 14.4 Å². The summed E-state index contributed by atoms with van der Waals surface area (Å²) in [6, 6.07) is 6.43. The summed E-state index contributed by atoms with van der Waals surface area (Å²) >= 11 is 5.87. The van der Waals surface area contributed by atoms with Crippen LogP contribution in [0.15, 0.2) is 30.3 Å². The van der Waals surface area contributed by atoms with Gasteiger partial charge in [0.25, 0.3) is 0 Å². The van der Waals surface area contributed by atoms with Crippen LogP contribution in [-0.4, -0.2) is 35.2 Å². The Kier molecular flexibility index (Phi) is 4.75. The molecule has 1 atom stereocenters. The van der Waals surface area contributed by atoms with E-state index in [1.807, 2.05) is 0 Å². The van der Waals surface area contributed by atoms with Gasteiger partial charge in [-0.25, -0.2) is 0 Å². The first kappa shape index (κ1) is 15.3. The van der Waals surface area contributed by atoms with Gasteiger partial charge in [0.05, 0.1) is 0 Å². The van der Waals surface area contributed by atoms with Crippen LogP contribution in [0.3, 0.4) is 0 Å². The third-order valence-corrected chi connectivity index (χ3v) is 3.43. The molecular formula is C15H15ClN2O3. The number of benzene rings is 1. The molecule has 1 aromatic carbocycles. The Morgan fingerprint density at radius 3 is 2.90 bits per heavy atom. The summed E-state index contributed by atoms with van der Waals surface area (Å²) < 4.78 is 0. The van der Waals surface area contributed by atoms with E-state index in [1.54, 1.807) is 37.3 Å². The second kappa shape index (κ2) is 6.54. The summed E-state index contributed by atoms with van der Waals surface area (Å²) in [5, 5.41) is 2.81. The molecule has 1 heterocycles. The van der Waals surface area contributed by atoms with E-state index in [2.05, 4.69) is 5.32 Å². The molecule has 1 saturated heterocycles. The Hall–Kier alpha value is -2.14. The Morgan fingerprint density at radius 2 is 2.24 bits per heavy atom. The quantitative estimate of drug-likeness (QED) is 0.681. The Bertz CT molecular complexity index is 613. The summed E-state index contributed by atoms with van der Waals surface area (Å²) in [6.45, 7) is 1.68. The Balaban J connectivity index is 2.14. The van der Waals surface area contributed by atoms with Crippen molar-refractivity contribution in [1.82, 2.24) is 10.2 Å². The van der Waals surface area contributed by atoms with Gasteiger partial charge in [-0.05, 0) is 30.2 Å². The molecule has 110 valence electrons. The molecule has 0 aromatic heterocycles. The Labute approximate surface area is 127 Å². The van der Waals surface area contributed by atoms with Gasteiger partial charge in [-0.2, -0.15) is 0 Å². The minimum Gasteiger partial charge on any atom is -0.318 e. The van der Waals surface area contributed by atoms with Crippen molar-refractivity contribution in [2.75, 3.05) is 6.54 Å². The molecular weight excluding hydrogens is 292 g/mol. The summed E-state index contributed by atoms with van der Waals surface area (Å²) in [7, 11) is 0. The zero-order chi connectivity index (χ0) is 15.4. The molecule has 1 aliphatic rings. The number of nitrogens with zero attached hydrogens (tertiary/aromatic N) is 1. The van der Waals surface area contributed by atoms with Gasteiger partial charge in [0.1, 0.15) is 12.6 Å². The fourth-order valence-corrected chi connectivity index (χ4v) is 2.38. The van der Waals surface area contributed by atoms with Crippen molar-refractivity contribution < 1.29 is 14.4 Å². The van der Waals surface area contributed by atoms with Crippen LogP contribution in [0.5, 0.6) is 0 Å². The highest BCUT2D eigenvalue weighted by atomic mass is 35.5. The molecule has 3 amide bonds. The lowest BCUT2D eigenvalue weighted by Gasteiger charge is -2.32. The fraction of sp³-hybridized carbons (Fsp3) is 0.267.